The molecule has 1 N–H and O–H groups in total. The van der Waals surface area contributed by atoms with E-state index in [0.717, 1.165) is 36.4 Å². The Morgan fingerprint density at radius 3 is 2.62 bits per heavy atom. The molecule has 1 aromatic carbocycles. The van der Waals surface area contributed by atoms with E-state index >= 15 is 0 Å². The number of thiazole rings is 1. The SMILES string of the molecule is COc1ccccc1OCC(=O)NC1(c2nc(C)cs2)CCCC1. The van der Waals surface area contributed by atoms with E-state index in [1.165, 1.54) is 0 Å². The van der Waals surface area contributed by atoms with Crippen LogP contribution in [0.4, 0.5) is 0 Å². The Hall–Kier alpha value is -2.08. The second-order valence-corrected chi connectivity index (χ2v) is 6.93. The number of hydrogen-bond donors (Lipinski definition) is 1. The van der Waals surface area contributed by atoms with Crippen LogP contribution in [0.3, 0.4) is 0 Å². The lowest BCUT2D eigenvalue weighted by Crippen LogP contribution is -2.45. The van der Waals surface area contributed by atoms with Gasteiger partial charge in [0, 0.05) is 11.1 Å². The van der Waals surface area contributed by atoms with Gasteiger partial charge in [-0.3, -0.25) is 4.79 Å². The lowest BCUT2D eigenvalue weighted by molar-refractivity contribution is -0.125. The fourth-order valence-electron chi connectivity index (χ4n) is 3.13. The number of carbonyl (C=O) groups is 1. The molecule has 1 saturated carbocycles. The number of benzene rings is 1. The summed E-state index contributed by atoms with van der Waals surface area (Å²) < 4.78 is 10.9. The number of methoxy groups -OCH3 is 1. The average Bonchev–Trinajstić information content (AvgIpc) is 3.23. The normalized spacial score (nSPS) is 15.9. The third kappa shape index (κ3) is 3.53. The third-order valence-electron chi connectivity index (χ3n) is 4.29. The van der Waals surface area contributed by atoms with Crippen LogP contribution in [0.25, 0.3) is 0 Å². The standard InChI is InChI=1S/C18H22N2O3S/c1-13-12-24-17(19-13)18(9-5-6-10-18)20-16(21)11-23-15-8-4-3-7-14(15)22-2/h3-4,7-8,12H,5-6,9-11H2,1-2H3,(H,20,21). The second-order valence-electron chi connectivity index (χ2n) is 6.07. The summed E-state index contributed by atoms with van der Waals surface area (Å²) in [6.45, 7) is 1.95. The predicted octanol–water partition coefficient (Wildman–Crippen LogP) is 3.42. The number of aryl methyl sites for hydroxylation is 1. The fourth-order valence-corrected chi connectivity index (χ4v) is 4.14. The highest BCUT2D eigenvalue weighted by Gasteiger charge is 2.39. The maximum atomic E-state index is 12.5. The van der Waals surface area contributed by atoms with Crippen molar-refractivity contribution in [3.05, 3.63) is 40.3 Å². The van der Waals surface area contributed by atoms with Crippen molar-refractivity contribution in [2.75, 3.05) is 13.7 Å². The smallest absolute Gasteiger partial charge is 0.258 e. The van der Waals surface area contributed by atoms with Crippen molar-refractivity contribution in [1.29, 1.82) is 0 Å². The molecule has 1 aromatic heterocycles. The van der Waals surface area contributed by atoms with Gasteiger partial charge in [-0.2, -0.15) is 0 Å². The number of ether oxygens (including phenoxy) is 2. The largest absolute Gasteiger partial charge is 0.493 e. The van der Waals surface area contributed by atoms with Crippen LogP contribution in [-0.2, 0) is 10.3 Å². The number of amides is 1. The van der Waals surface area contributed by atoms with Crippen molar-refractivity contribution < 1.29 is 14.3 Å². The van der Waals surface area contributed by atoms with E-state index in [1.54, 1.807) is 24.5 Å². The van der Waals surface area contributed by atoms with E-state index < -0.39 is 0 Å². The van der Waals surface area contributed by atoms with Crippen LogP contribution < -0.4 is 14.8 Å². The summed E-state index contributed by atoms with van der Waals surface area (Å²) in [6.07, 6.45) is 4.07. The van der Waals surface area contributed by atoms with Crippen molar-refractivity contribution in [2.24, 2.45) is 0 Å². The molecule has 2 aromatic rings. The predicted molar refractivity (Wildman–Crippen MR) is 93.6 cm³/mol. The first-order valence-corrected chi connectivity index (χ1v) is 9.00. The topological polar surface area (TPSA) is 60.5 Å². The molecule has 3 rings (SSSR count). The van der Waals surface area contributed by atoms with E-state index in [1.807, 2.05) is 30.5 Å². The molecule has 1 heterocycles. The van der Waals surface area contributed by atoms with Crippen molar-refractivity contribution in [3.8, 4) is 11.5 Å². The number of para-hydroxylation sites is 2. The fraction of sp³-hybridized carbons (Fsp3) is 0.444. The minimum Gasteiger partial charge on any atom is -0.493 e. The van der Waals surface area contributed by atoms with Crippen LogP contribution >= 0.6 is 11.3 Å². The van der Waals surface area contributed by atoms with Gasteiger partial charge >= 0.3 is 0 Å². The van der Waals surface area contributed by atoms with Gasteiger partial charge in [0.05, 0.1) is 12.6 Å². The summed E-state index contributed by atoms with van der Waals surface area (Å²) >= 11 is 1.62. The molecule has 24 heavy (non-hydrogen) atoms. The van der Waals surface area contributed by atoms with Crippen molar-refractivity contribution in [2.45, 2.75) is 38.1 Å². The summed E-state index contributed by atoms with van der Waals surface area (Å²) in [6, 6.07) is 7.32. The van der Waals surface area contributed by atoms with E-state index in [4.69, 9.17) is 9.47 Å². The summed E-state index contributed by atoms with van der Waals surface area (Å²) in [5.41, 5.74) is 0.668. The molecular weight excluding hydrogens is 324 g/mol. The minimum atomic E-state index is -0.333. The number of carbonyl (C=O) groups excluding carboxylic acids is 1. The zero-order chi connectivity index (χ0) is 17.0. The molecule has 1 aliphatic carbocycles. The third-order valence-corrected chi connectivity index (χ3v) is 5.46. The van der Waals surface area contributed by atoms with E-state index in [0.29, 0.717) is 11.5 Å². The van der Waals surface area contributed by atoms with Crippen molar-refractivity contribution in [1.82, 2.24) is 10.3 Å². The van der Waals surface area contributed by atoms with E-state index in [-0.39, 0.29) is 18.1 Å². The highest BCUT2D eigenvalue weighted by molar-refractivity contribution is 7.09. The first-order chi connectivity index (χ1) is 11.6. The number of hydrogen-bond acceptors (Lipinski definition) is 5. The molecule has 0 bridgehead atoms. The van der Waals surface area contributed by atoms with Gasteiger partial charge in [0.15, 0.2) is 18.1 Å². The Kier molecular flexibility index (Phi) is 5.04. The quantitative estimate of drug-likeness (QED) is 0.870. The first-order valence-electron chi connectivity index (χ1n) is 8.12. The van der Waals surface area contributed by atoms with Gasteiger partial charge in [-0.15, -0.1) is 11.3 Å². The summed E-state index contributed by atoms with van der Waals surface area (Å²) in [4.78, 5) is 17.1. The molecule has 1 amide bonds. The van der Waals surface area contributed by atoms with Crippen LogP contribution in [0.2, 0.25) is 0 Å². The molecule has 1 aliphatic rings. The maximum absolute atomic E-state index is 12.5. The van der Waals surface area contributed by atoms with E-state index in [9.17, 15) is 4.79 Å². The molecule has 0 saturated heterocycles. The lowest BCUT2D eigenvalue weighted by atomic mass is 9.98. The zero-order valence-electron chi connectivity index (χ0n) is 14.0. The molecule has 0 radical (unpaired) electrons. The van der Waals surface area contributed by atoms with Gasteiger partial charge < -0.3 is 14.8 Å². The number of rotatable bonds is 6. The Morgan fingerprint density at radius 2 is 2.00 bits per heavy atom. The Labute approximate surface area is 146 Å². The van der Waals surface area contributed by atoms with Crippen LogP contribution in [0.15, 0.2) is 29.6 Å². The van der Waals surface area contributed by atoms with Crippen molar-refractivity contribution >= 4 is 17.2 Å². The number of aromatic nitrogens is 1. The molecule has 0 atom stereocenters. The highest BCUT2D eigenvalue weighted by Crippen LogP contribution is 2.40. The summed E-state index contributed by atoms with van der Waals surface area (Å²) in [5.74, 6) is 1.06. The average molecular weight is 346 g/mol. The van der Waals surface area contributed by atoms with Crippen LogP contribution in [0.5, 0.6) is 11.5 Å². The van der Waals surface area contributed by atoms with Gasteiger partial charge in [0.1, 0.15) is 5.01 Å². The van der Waals surface area contributed by atoms with Gasteiger partial charge in [0.2, 0.25) is 0 Å². The van der Waals surface area contributed by atoms with Gasteiger partial charge in [0.25, 0.3) is 5.91 Å². The molecule has 0 aliphatic heterocycles. The Morgan fingerprint density at radius 1 is 1.29 bits per heavy atom. The minimum absolute atomic E-state index is 0.0352. The zero-order valence-corrected chi connectivity index (χ0v) is 14.8. The van der Waals surface area contributed by atoms with Crippen LogP contribution in [0.1, 0.15) is 36.4 Å². The highest BCUT2D eigenvalue weighted by atomic mass is 32.1. The summed E-state index contributed by atoms with van der Waals surface area (Å²) in [5, 5.41) is 6.21. The molecule has 0 spiro atoms. The summed E-state index contributed by atoms with van der Waals surface area (Å²) in [7, 11) is 1.58. The monoisotopic (exact) mass is 346 g/mol. The Balaban J connectivity index is 1.66. The van der Waals surface area contributed by atoms with Gasteiger partial charge in [-0.1, -0.05) is 25.0 Å². The first kappa shape index (κ1) is 16.8. The number of nitrogens with one attached hydrogen (secondary N) is 1. The molecular formula is C18H22N2O3S. The van der Waals surface area contributed by atoms with Gasteiger partial charge in [-0.05, 0) is 31.9 Å². The van der Waals surface area contributed by atoms with E-state index in [2.05, 4.69) is 10.3 Å². The molecule has 6 heteroatoms. The Bertz CT molecular complexity index is 708. The van der Waals surface area contributed by atoms with Gasteiger partial charge in [-0.25, -0.2) is 4.98 Å². The van der Waals surface area contributed by atoms with Crippen molar-refractivity contribution in [3.63, 3.8) is 0 Å². The molecule has 0 unspecified atom stereocenters. The van der Waals surface area contributed by atoms with Crippen LogP contribution in [-0.4, -0.2) is 24.6 Å². The molecule has 128 valence electrons. The molecule has 5 nitrogen and oxygen atoms in total. The second kappa shape index (κ2) is 7.21. The lowest BCUT2D eigenvalue weighted by Gasteiger charge is -2.28. The number of nitrogens with zero attached hydrogens (tertiary/aromatic N) is 1. The maximum Gasteiger partial charge on any atom is 0.258 e. The molecule has 1 fully saturated rings. The van der Waals surface area contributed by atoms with Crippen LogP contribution in [0, 0.1) is 6.92 Å².